The number of pyridine rings is 1. The van der Waals surface area contributed by atoms with Gasteiger partial charge in [0.15, 0.2) is 0 Å². The Morgan fingerprint density at radius 3 is 3.00 bits per heavy atom. The SMILES string of the molecule is Cl.Fc1ncccc1[C@H]1CCCN1. The van der Waals surface area contributed by atoms with Crippen LogP contribution in [0, 0.1) is 5.95 Å². The minimum absolute atomic E-state index is 0. The van der Waals surface area contributed by atoms with Crippen LogP contribution >= 0.6 is 12.4 Å². The van der Waals surface area contributed by atoms with Crippen LogP contribution in [-0.2, 0) is 0 Å². The second-order valence-electron chi connectivity index (χ2n) is 3.03. The van der Waals surface area contributed by atoms with Crippen LogP contribution in [0.1, 0.15) is 24.4 Å². The summed E-state index contributed by atoms with van der Waals surface area (Å²) in [5, 5.41) is 3.23. The Morgan fingerprint density at radius 1 is 1.54 bits per heavy atom. The van der Waals surface area contributed by atoms with Crippen LogP contribution < -0.4 is 5.32 Å². The highest BCUT2D eigenvalue weighted by atomic mass is 35.5. The molecule has 0 unspecified atom stereocenters. The topological polar surface area (TPSA) is 24.9 Å². The Labute approximate surface area is 83.0 Å². The summed E-state index contributed by atoms with van der Waals surface area (Å²) < 4.78 is 13.1. The van der Waals surface area contributed by atoms with Gasteiger partial charge in [-0.2, -0.15) is 4.39 Å². The van der Waals surface area contributed by atoms with Gasteiger partial charge in [-0.25, -0.2) is 4.98 Å². The van der Waals surface area contributed by atoms with E-state index in [9.17, 15) is 4.39 Å². The highest BCUT2D eigenvalue weighted by Gasteiger charge is 2.19. The van der Waals surface area contributed by atoms with Crippen molar-refractivity contribution in [2.45, 2.75) is 18.9 Å². The third kappa shape index (κ3) is 2.17. The standard InChI is InChI=1S/C9H11FN2.ClH/c10-9-7(3-1-6-12-9)8-4-2-5-11-8;/h1,3,6,8,11H,2,4-5H2;1H/t8-;/m1./s1. The van der Waals surface area contributed by atoms with E-state index >= 15 is 0 Å². The van der Waals surface area contributed by atoms with Crippen molar-refractivity contribution >= 4 is 12.4 Å². The fourth-order valence-electron chi connectivity index (χ4n) is 1.61. The molecule has 1 saturated heterocycles. The molecule has 2 rings (SSSR count). The molecule has 0 saturated carbocycles. The molecule has 0 spiro atoms. The largest absolute Gasteiger partial charge is 0.310 e. The van der Waals surface area contributed by atoms with Gasteiger partial charge in [0, 0.05) is 17.8 Å². The predicted octanol–water partition coefficient (Wildman–Crippen LogP) is 2.07. The van der Waals surface area contributed by atoms with Gasteiger partial charge in [0.2, 0.25) is 5.95 Å². The van der Waals surface area contributed by atoms with Crippen molar-refractivity contribution < 1.29 is 4.39 Å². The lowest BCUT2D eigenvalue weighted by molar-refractivity contribution is 0.528. The molecule has 1 fully saturated rings. The summed E-state index contributed by atoms with van der Waals surface area (Å²) in [6, 6.07) is 3.75. The van der Waals surface area contributed by atoms with E-state index in [4.69, 9.17) is 0 Å². The summed E-state index contributed by atoms with van der Waals surface area (Å²) >= 11 is 0. The van der Waals surface area contributed by atoms with Crippen molar-refractivity contribution in [1.82, 2.24) is 10.3 Å². The summed E-state index contributed by atoms with van der Waals surface area (Å²) in [6.45, 7) is 0.985. The van der Waals surface area contributed by atoms with E-state index in [0.29, 0.717) is 5.56 Å². The minimum atomic E-state index is -0.336. The first-order valence-electron chi connectivity index (χ1n) is 4.22. The summed E-state index contributed by atoms with van der Waals surface area (Å²) in [5.41, 5.74) is 0.704. The molecule has 1 atom stereocenters. The van der Waals surface area contributed by atoms with Gasteiger partial charge in [-0.3, -0.25) is 0 Å². The molecule has 1 aromatic heterocycles. The van der Waals surface area contributed by atoms with Gasteiger partial charge in [0.25, 0.3) is 0 Å². The Kier molecular flexibility index (Phi) is 3.63. The highest BCUT2D eigenvalue weighted by Crippen LogP contribution is 2.23. The normalized spacial score (nSPS) is 21.2. The second-order valence-corrected chi connectivity index (χ2v) is 3.03. The predicted molar refractivity (Wildman–Crippen MR) is 51.4 cm³/mol. The van der Waals surface area contributed by atoms with Crippen LogP contribution in [0.2, 0.25) is 0 Å². The molecule has 0 amide bonds. The van der Waals surface area contributed by atoms with Crippen LogP contribution in [0.25, 0.3) is 0 Å². The van der Waals surface area contributed by atoms with Gasteiger partial charge < -0.3 is 5.32 Å². The molecule has 2 heterocycles. The van der Waals surface area contributed by atoms with Gasteiger partial charge in [-0.05, 0) is 25.5 Å². The second kappa shape index (κ2) is 4.53. The summed E-state index contributed by atoms with van der Waals surface area (Å²) in [6.07, 6.45) is 3.62. The van der Waals surface area contributed by atoms with Crippen LogP contribution in [0.4, 0.5) is 4.39 Å². The number of rotatable bonds is 1. The van der Waals surface area contributed by atoms with Crippen LogP contribution in [-0.4, -0.2) is 11.5 Å². The van der Waals surface area contributed by atoms with Crippen molar-refractivity contribution in [3.8, 4) is 0 Å². The van der Waals surface area contributed by atoms with E-state index in [1.165, 1.54) is 6.20 Å². The van der Waals surface area contributed by atoms with Crippen molar-refractivity contribution in [3.63, 3.8) is 0 Å². The number of hydrogen-bond donors (Lipinski definition) is 1. The van der Waals surface area contributed by atoms with Gasteiger partial charge in [0.05, 0.1) is 0 Å². The van der Waals surface area contributed by atoms with Crippen LogP contribution in [0.15, 0.2) is 18.3 Å². The Hall–Kier alpha value is -0.670. The van der Waals surface area contributed by atoms with Gasteiger partial charge in [-0.1, -0.05) is 6.07 Å². The fraction of sp³-hybridized carbons (Fsp3) is 0.444. The number of hydrogen-bond acceptors (Lipinski definition) is 2. The Morgan fingerprint density at radius 2 is 2.38 bits per heavy atom. The molecular formula is C9H12ClFN2. The van der Waals surface area contributed by atoms with E-state index < -0.39 is 0 Å². The average Bonchev–Trinajstić information content (AvgIpc) is 2.57. The molecule has 0 aromatic carbocycles. The minimum Gasteiger partial charge on any atom is -0.310 e. The molecule has 1 aromatic rings. The maximum absolute atomic E-state index is 13.1. The molecule has 13 heavy (non-hydrogen) atoms. The van der Waals surface area contributed by atoms with Crippen LogP contribution in [0.5, 0.6) is 0 Å². The van der Waals surface area contributed by atoms with Gasteiger partial charge in [-0.15, -0.1) is 12.4 Å². The summed E-state index contributed by atoms with van der Waals surface area (Å²) in [4.78, 5) is 3.62. The van der Waals surface area contributed by atoms with E-state index in [1.54, 1.807) is 12.1 Å². The molecule has 72 valence electrons. The molecular weight excluding hydrogens is 191 g/mol. The maximum atomic E-state index is 13.1. The van der Waals surface area contributed by atoms with Crippen molar-refractivity contribution in [1.29, 1.82) is 0 Å². The molecule has 1 N–H and O–H groups in total. The van der Waals surface area contributed by atoms with E-state index in [-0.39, 0.29) is 24.4 Å². The number of halogens is 2. The quantitative estimate of drug-likeness (QED) is 0.706. The van der Waals surface area contributed by atoms with Crippen molar-refractivity contribution in [2.75, 3.05) is 6.54 Å². The molecule has 1 aliphatic rings. The number of nitrogens with zero attached hydrogens (tertiary/aromatic N) is 1. The third-order valence-corrected chi connectivity index (χ3v) is 2.22. The van der Waals surface area contributed by atoms with E-state index in [0.717, 1.165) is 19.4 Å². The fourth-order valence-corrected chi connectivity index (χ4v) is 1.61. The summed E-state index contributed by atoms with van der Waals surface area (Å²) in [5.74, 6) is -0.336. The van der Waals surface area contributed by atoms with Crippen molar-refractivity contribution in [3.05, 3.63) is 29.8 Å². The lowest BCUT2D eigenvalue weighted by Gasteiger charge is -2.09. The zero-order chi connectivity index (χ0) is 8.39. The van der Waals surface area contributed by atoms with E-state index in [1.807, 2.05) is 0 Å². The lowest BCUT2D eigenvalue weighted by Crippen LogP contribution is -2.14. The average molecular weight is 203 g/mol. The molecule has 4 heteroatoms. The maximum Gasteiger partial charge on any atom is 0.217 e. The monoisotopic (exact) mass is 202 g/mol. The summed E-state index contributed by atoms with van der Waals surface area (Å²) in [7, 11) is 0. The molecule has 0 bridgehead atoms. The van der Waals surface area contributed by atoms with Gasteiger partial charge in [0.1, 0.15) is 0 Å². The molecule has 2 nitrogen and oxygen atoms in total. The number of nitrogens with one attached hydrogen (secondary N) is 1. The molecule has 0 aliphatic carbocycles. The zero-order valence-electron chi connectivity index (χ0n) is 7.16. The zero-order valence-corrected chi connectivity index (χ0v) is 7.98. The highest BCUT2D eigenvalue weighted by molar-refractivity contribution is 5.85. The number of aromatic nitrogens is 1. The first-order chi connectivity index (χ1) is 5.88. The molecule has 1 aliphatic heterocycles. The lowest BCUT2D eigenvalue weighted by atomic mass is 10.1. The molecule has 0 radical (unpaired) electrons. The Balaban J connectivity index is 0.000000845. The smallest absolute Gasteiger partial charge is 0.217 e. The first kappa shape index (κ1) is 10.4. The Bertz CT molecular complexity index is 274. The van der Waals surface area contributed by atoms with E-state index in [2.05, 4.69) is 10.3 Å². The third-order valence-electron chi connectivity index (χ3n) is 2.22. The van der Waals surface area contributed by atoms with Gasteiger partial charge >= 0.3 is 0 Å². The first-order valence-corrected chi connectivity index (χ1v) is 4.22. The van der Waals surface area contributed by atoms with Crippen molar-refractivity contribution in [2.24, 2.45) is 0 Å². The van der Waals surface area contributed by atoms with Crippen LogP contribution in [0.3, 0.4) is 0 Å².